The van der Waals surface area contributed by atoms with Crippen LogP contribution in [0.15, 0.2) is 36.4 Å². The topological polar surface area (TPSA) is 0 Å². The van der Waals surface area contributed by atoms with E-state index in [1.165, 1.54) is 18.2 Å². The van der Waals surface area contributed by atoms with Crippen LogP contribution in [0.2, 0.25) is 0 Å². The summed E-state index contributed by atoms with van der Waals surface area (Å²) in [5.74, 6) is -6.51. The average Bonchev–Trinajstić information content (AvgIpc) is 2.81. The van der Waals surface area contributed by atoms with E-state index in [-0.39, 0.29) is 41.5 Å². The number of hydrogen-bond acceptors (Lipinski definition) is 0. The normalized spacial score (nSPS) is 15.5. The molecule has 0 heterocycles. The zero-order chi connectivity index (χ0) is 23.7. The lowest BCUT2D eigenvalue weighted by atomic mass is 9.78. The highest BCUT2D eigenvalue weighted by Crippen LogP contribution is 2.41. The molecule has 0 nitrogen and oxygen atoms in total. The molecule has 174 valence electrons. The molecule has 1 aliphatic carbocycles. The molecule has 3 aromatic carbocycles. The van der Waals surface area contributed by atoms with Crippen LogP contribution in [0.25, 0.3) is 11.1 Å². The van der Waals surface area contributed by atoms with Crippen molar-refractivity contribution in [3.63, 3.8) is 0 Å². The quantitative estimate of drug-likeness (QED) is 0.197. The first-order valence-electron chi connectivity index (χ1n) is 11.2. The molecular formula is C27H24F6. The van der Waals surface area contributed by atoms with Crippen molar-refractivity contribution in [1.82, 2.24) is 0 Å². The first-order chi connectivity index (χ1) is 15.8. The predicted molar refractivity (Wildman–Crippen MR) is 116 cm³/mol. The molecule has 0 aliphatic heterocycles. The first kappa shape index (κ1) is 23.4. The summed E-state index contributed by atoms with van der Waals surface area (Å²) < 4.78 is 87.8. The van der Waals surface area contributed by atoms with Crippen LogP contribution < -0.4 is 0 Å². The van der Waals surface area contributed by atoms with Gasteiger partial charge in [-0.25, -0.2) is 26.3 Å². The highest BCUT2D eigenvalue weighted by molar-refractivity contribution is 5.67. The van der Waals surface area contributed by atoms with E-state index < -0.39 is 46.4 Å². The van der Waals surface area contributed by atoms with Crippen LogP contribution in [0.4, 0.5) is 26.3 Å². The molecule has 0 saturated carbocycles. The Balaban J connectivity index is 1.67. The van der Waals surface area contributed by atoms with E-state index in [9.17, 15) is 17.6 Å². The molecule has 1 atom stereocenters. The number of benzene rings is 3. The molecule has 6 heteroatoms. The molecule has 0 saturated heterocycles. The summed E-state index contributed by atoms with van der Waals surface area (Å²) in [6.45, 7) is 2.02. The molecule has 0 amide bonds. The standard InChI is InChI=1S/C27H24F6/c1-2-3-4-5-16-8-12-19(25(31)23(16)29)17-9-13-20-21(14-17)26(32)27(33)22(24(20)30)15-6-10-18(28)11-7-15/h6-8,10-12,17H,2-5,9,13-14H2,1H3. The van der Waals surface area contributed by atoms with Crippen molar-refractivity contribution in [3.8, 4) is 11.1 Å². The molecule has 0 fully saturated rings. The lowest BCUT2D eigenvalue weighted by molar-refractivity contribution is 0.441. The van der Waals surface area contributed by atoms with E-state index in [0.717, 1.165) is 31.4 Å². The molecule has 1 unspecified atom stereocenters. The maximum absolute atomic E-state index is 15.2. The van der Waals surface area contributed by atoms with Gasteiger partial charge in [-0.3, -0.25) is 0 Å². The van der Waals surface area contributed by atoms with Crippen molar-refractivity contribution in [3.05, 3.63) is 93.6 Å². The Labute approximate surface area is 189 Å². The highest BCUT2D eigenvalue weighted by atomic mass is 19.2. The summed E-state index contributed by atoms with van der Waals surface area (Å²) in [5, 5.41) is 0. The predicted octanol–water partition coefficient (Wildman–Crippen LogP) is 8.19. The van der Waals surface area contributed by atoms with Crippen LogP contribution in [0, 0.1) is 34.9 Å². The maximum atomic E-state index is 15.2. The second-order valence-electron chi connectivity index (χ2n) is 8.62. The van der Waals surface area contributed by atoms with Gasteiger partial charge in [0.25, 0.3) is 0 Å². The Morgan fingerprint density at radius 2 is 1.45 bits per heavy atom. The Bertz CT molecular complexity index is 1170. The zero-order valence-corrected chi connectivity index (χ0v) is 18.3. The number of unbranched alkanes of at least 4 members (excludes halogenated alkanes) is 2. The van der Waals surface area contributed by atoms with E-state index in [0.29, 0.717) is 12.0 Å². The summed E-state index contributed by atoms with van der Waals surface area (Å²) >= 11 is 0. The summed E-state index contributed by atoms with van der Waals surface area (Å²) in [5.41, 5.74) is -0.242. The van der Waals surface area contributed by atoms with E-state index in [2.05, 4.69) is 0 Å². The number of rotatable bonds is 6. The second kappa shape index (κ2) is 9.62. The minimum Gasteiger partial charge on any atom is -0.207 e. The summed E-state index contributed by atoms with van der Waals surface area (Å²) in [7, 11) is 0. The Hall–Kier alpha value is -2.76. The van der Waals surface area contributed by atoms with Crippen molar-refractivity contribution < 1.29 is 26.3 Å². The number of aryl methyl sites for hydroxylation is 1. The molecule has 1 aliphatic rings. The van der Waals surface area contributed by atoms with Gasteiger partial charge in [0, 0.05) is 0 Å². The van der Waals surface area contributed by atoms with Gasteiger partial charge < -0.3 is 0 Å². The van der Waals surface area contributed by atoms with Crippen LogP contribution in [0.3, 0.4) is 0 Å². The van der Waals surface area contributed by atoms with Gasteiger partial charge in [-0.05, 0) is 78.0 Å². The minimum atomic E-state index is -1.36. The Kier molecular flexibility index (Phi) is 6.82. The van der Waals surface area contributed by atoms with Crippen molar-refractivity contribution in [2.45, 2.75) is 57.8 Å². The molecule has 3 aromatic rings. The van der Waals surface area contributed by atoms with Crippen molar-refractivity contribution in [1.29, 1.82) is 0 Å². The van der Waals surface area contributed by atoms with Gasteiger partial charge in [-0.15, -0.1) is 0 Å². The van der Waals surface area contributed by atoms with E-state index in [1.54, 1.807) is 6.07 Å². The largest absolute Gasteiger partial charge is 0.207 e. The lowest BCUT2D eigenvalue weighted by Gasteiger charge is -2.27. The van der Waals surface area contributed by atoms with Crippen molar-refractivity contribution >= 4 is 0 Å². The fourth-order valence-electron chi connectivity index (χ4n) is 4.71. The lowest BCUT2D eigenvalue weighted by Crippen LogP contribution is -2.19. The SMILES string of the molecule is CCCCCc1ccc(C2CCc3c(F)c(-c4ccc(F)cc4)c(F)c(F)c3C2)c(F)c1F. The fraction of sp³-hybridized carbons (Fsp3) is 0.333. The third-order valence-corrected chi connectivity index (χ3v) is 6.53. The van der Waals surface area contributed by atoms with Crippen LogP contribution in [0.5, 0.6) is 0 Å². The first-order valence-corrected chi connectivity index (χ1v) is 11.2. The third kappa shape index (κ3) is 4.40. The van der Waals surface area contributed by atoms with Crippen LogP contribution >= 0.6 is 0 Å². The summed E-state index contributed by atoms with van der Waals surface area (Å²) in [4.78, 5) is 0. The molecule has 4 rings (SSSR count). The molecule has 0 bridgehead atoms. The summed E-state index contributed by atoms with van der Waals surface area (Å²) in [6, 6.07) is 7.53. The Morgan fingerprint density at radius 3 is 2.15 bits per heavy atom. The van der Waals surface area contributed by atoms with Crippen molar-refractivity contribution in [2.75, 3.05) is 0 Å². The second-order valence-corrected chi connectivity index (χ2v) is 8.62. The van der Waals surface area contributed by atoms with Gasteiger partial charge in [-0.1, -0.05) is 44.0 Å². The van der Waals surface area contributed by atoms with E-state index >= 15 is 8.78 Å². The van der Waals surface area contributed by atoms with Gasteiger partial charge >= 0.3 is 0 Å². The molecule has 33 heavy (non-hydrogen) atoms. The van der Waals surface area contributed by atoms with Crippen molar-refractivity contribution in [2.24, 2.45) is 0 Å². The van der Waals surface area contributed by atoms with Gasteiger partial charge in [0.2, 0.25) is 0 Å². The minimum absolute atomic E-state index is 0.0292. The highest BCUT2D eigenvalue weighted by Gasteiger charge is 2.32. The smallest absolute Gasteiger partial charge is 0.169 e. The summed E-state index contributed by atoms with van der Waals surface area (Å²) in [6.07, 6.45) is 3.25. The number of halogens is 6. The van der Waals surface area contributed by atoms with Gasteiger partial charge in [0.1, 0.15) is 11.6 Å². The maximum Gasteiger partial charge on any atom is 0.169 e. The van der Waals surface area contributed by atoms with Crippen LogP contribution in [-0.4, -0.2) is 0 Å². The molecule has 0 aromatic heterocycles. The van der Waals surface area contributed by atoms with Gasteiger partial charge in [0.05, 0.1) is 5.56 Å². The monoisotopic (exact) mass is 462 g/mol. The number of hydrogen-bond donors (Lipinski definition) is 0. The molecule has 0 radical (unpaired) electrons. The van der Waals surface area contributed by atoms with Gasteiger partial charge in [0.15, 0.2) is 23.3 Å². The van der Waals surface area contributed by atoms with Gasteiger partial charge in [-0.2, -0.15) is 0 Å². The third-order valence-electron chi connectivity index (χ3n) is 6.53. The van der Waals surface area contributed by atoms with Crippen LogP contribution in [0.1, 0.15) is 60.8 Å². The molecule has 0 N–H and O–H groups in total. The molecular weight excluding hydrogens is 438 g/mol. The Morgan fingerprint density at radius 1 is 0.727 bits per heavy atom. The van der Waals surface area contributed by atoms with Crippen LogP contribution in [-0.2, 0) is 19.3 Å². The average molecular weight is 462 g/mol. The molecule has 0 spiro atoms. The fourth-order valence-corrected chi connectivity index (χ4v) is 4.71. The number of fused-ring (bicyclic) bond motifs is 1. The van der Waals surface area contributed by atoms with E-state index in [1.807, 2.05) is 6.92 Å². The zero-order valence-electron chi connectivity index (χ0n) is 18.3. The van der Waals surface area contributed by atoms with E-state index in [4.69, 9.17) is 0 Å².